The quantitative estimate of drug-likeness (QED) is 0.844. The van der Waals surface area contributed by atoms with E-state index in [4.69, 9.17) is 0 Å². The van der Waals surface area contributed by atoms with Crippen LogP contribution in [0.15, 0.2) is 48.5 Å². The number of rotatable bonds is 4. The molecule has 1 aliphatic rings. The van der Waals surface area contributed by atoms with Crippen LogP contribution in [0.2, 0.25) is 0 Å². The number of amides is 1. The summed E-state index contributed by atoms with van der Waals surface area (Å²) in [7, 11) is 1.31. The van der Waals surface area contributed by atoms with Crippen LogP contribution in [0.5, 0.6) is 0 Å². The number of ether oxygens (including phenoxy) is 1. The number of carbonyl (C=O) groups excluding carboxylic acids is 2. The van der Waals surface area contributed by atoms with Crippen LogP contribution in [0.4, 0.5) is 0 Å². The Balaban J connectivity index is 1.67. The summed E-state index contributed by atoms with van der Waals surface area (Å²) in [4.78, 5) is 23.7. The molecule has 0 radical (unpaired) electrons. The van der Waals surface area contributed by atoms with Gasteiger partial charge in [-0.05, 0) is 48.2 Å². The Bertz CT molecular complexity index is 769. The number of aliphatic hydroxyl groups is 1. The third kappa shape index (κ3) is 3.03. The first-order valence-electron chi connectivity index (χ1n) is 7.81. The average molecular weight is 325 g/mol. The predicted molar refractivity (Wildman–Crippen MR) is 88.8 cm³/mol. The molecule has 24 heavy (non-hydrogen) atoms. The lowest BCUT2D eigenvalue weighted by Crippen LogP contribution is -2.39. The van der Waals surface area contributed by atoms with Gasteiger partial charge >= 0.3 is 5.97 Å². The summed E-state index contributed by atoms with van der Waals surface area (Å²) >= 11 is 0. The van der Waals surface area contributed by atoms with E-state index in [0.717, 1.165) is 17.5 Å². The van der Waals surface area contributed by atoms with Gasteiger partial charge < -0.3 is 15.2 Å². The van der Waals surface area contributed by atoms with Gasteiger partial charge in [-0.15, -0.1) is 0 Å². The van der Waals surface area contributed by atoms with E-state index in [1.807, 2.05) is 24.3 Å². The monoisotopic (exact) mass is 325 g/mol. The van der Waals surface area contributed by atoms with Crippen molar-refractivity contribution >= 4 is 11.9 Å². The zero-order chi connectivity index (χ0) is 17.2. The second kappa shape index (κ2) is 6.45. The molecule has 0 saturated heterocycles. The van der Waals surface area contributed by atoms with E-state index >= 15 is 0 Å². The van der Waals surface area contributed by atoms with Crippen LogP contribution >= 0.6 is 0 Å². The van der Waals surface area contributed by atoms with E-state index in [1.54, 1.807) is 24.3 Å². The van der Waals surface area contributed by atoms with E-state index in [-0.39, 0.29) is 12.5 Å². The molecular formula is C19H19NO4. The molecule has 1 aliphatic carbocycles. The Kier molecular flexibility index (Phi) is 4.36. The van der Waals surface area contributed by atoms with Crippen molar-refractivity contribution in [1.82, 2.24) is 5.32 Å². The lowest BCUT2D eigenvalue weighted by atomic mass is 9.96. The molecule has 2 aromatic rings. The molecule has 3 rings (SSSR count). The van der Waals surface area contributed by atoms with E-state index in [9.17, 15) is 14.7 Å². The first kappa shape index (κ1) is 16.2. The highest BCUT2D eigenvalue weighted by Crippen LogP contribution is 2.36. The number of benzene rings is 2. The second-order valence-corrected chi connectivity index (χ2v) is 5.94. The molecule has 0 unspecified atom stereocenters. The van der Waals surface area contributed by atoms with Crippen molar-refractivity contribution in [1.29, 1.82) is 0 Å². The van der Waals surface area contributed by atoms with Crippen LogP contribution < -0.4 is 5.32 Å². The van der Waals surface area contributed by atoms with Crippen molar-refractivity contribution in [3.8, 4) is 0 Å². The predicted octanol–water partition coefficient (Wildman–Crippen LogP) is 2.04. The summed E-state index contributed by atoms with van der Waals surface area (Å²) < 4.78 is 4.63. The molecule has 5 heteroatoms. The van der Waals surface area contributed by atoms with Crippen molar-refractivity contribution in [2.75, 3.05) is 13.7 Å². The maximum atomic E-state index is 12.3. The van der Waals surface area contributed by atoms with Crippen molar-refractivity contribution < 1.29 is 19.4 Å². The molecular weight excluding hydrogens is 306 g/mol. The molecule has 0 spiro atoms. The van der Waals surface area contributed by atoms with Crippen LogP contribution in [-0.2, 0) is 16.8 Å². The highest BCUT2D eigenvalue weighted by atomic mass is 16.5. The lowest BCUT2D eigenvalue weighted by Gasteiger charge is -2.24. The number of fused-ring (bicyclic) bond motifs is 1. The van der Waals surface area contributed by atoms with Crippen molar-refractivity contribution in [3.05, 3.63) is 70.8 Å². The number of hydrogen-bond acceptors (Lipinski definition) is 4. The first-order chi connectivity index (χ1) is 11.5. The number of methoxy groups -OCH3 is 1. The molecule has 2 N–H and O–H groups in total. The summed E-state index contributed by atoms with van der Waals surface area (Å²) in [5.41, 5.74) is 1.79. The topological polar surface area (TPSA) is 75.6 Å². The molecule has 2 aromatic carbocycles. The first-order valence-corrected chi connectivity index (χ1v) is 7.81. The van der Waals surface area contributed by atoms with Gasteiger partial charge in [-0.1, -0.05) is 24.3 Å². The van der Waals surface area contributed by atoms with Crippen LogP contribution in [0, 0.1) is 0 Å². The van der Waals surface area contributed by atoms with Gasteiger partial charge in [0, 0.05) is 5.56 Å². The number of nitrogens with one attached hydrogen (secondary N) is 1. The van der Waals surface area contributed by atoms with Crippen molar-refractivity contribution in [2.45, 2.75) is 18.4 Å². The van der Waals surface area contributed by atoms with E-state index in [2.05, 4.69) is 10.1 Å². The summed E-state index contributed by atoms with van der Waals surface area (Å²) in [6.45, 7) is 0.154. The molecule has 0 aliphatic heterocycles. The summed E-state index contributed by atoms with van der Waals surface area (Å²) in [6.07, 6.45) is 1.39. The minimum absolute atomic E-state index is 0.154. The summed E-state index contributed by atoms with van der Waals surface area (Å²) in [5.74, 6) is -0.733. The van der Waals surface area contributed by atoms with E-state index in [1.165, 1.54) is 7.11 Å². The third-order valence-electron chi connectivity index (χ3n) is 4.44. The number of hydrogen-bond donors (Lipinski definition) is 2. The van der Waals surface area contributed by atoms with Crippen molar-refractivity contribution in [3.63, 3.8) is 0 Å². The van der Waals surface area contributed by atoms with Gasteiger partial charge in [0.2, 0.25) is 0 Å². The van der Waals surface area contributed by atoms with Crippen LogP contribution in [-0.4, -0.2) is 30.6 Å². The molecule has 1 amide bonds. The molecule has 0 fully saturated rings. The van der Waals surface area contributed by atoms with Crippen LogP contribution in [0.25, 0.3) is 0 Å². The molecule has 0 heterocycles. The van der Waals surface area contributed by atoms with E-state index < -0.39 is 11.6 Å². The van der Waals surface area contributed by atoms with Gasteiger partial charge in [0.05, 0.1) is 19.2 Å². The Morgan fingerprint density at radius 2 is 1.79 bits per heavy atom. The van der Waals surface area contributed by atoms with Gasteiger partial charge in [-0.3, -0.25) is 4.79 Å². The Morgan fingerprint density at radius 1 is 1.12 bits per heavy atom. The number of esters is 1. The van der Waals surface area contributed by atoms with Gasteiger partial charge in [0.1, 0.15) is 5.60 Å². The molecule has 0 aromatic heterocycles. The van der Waals surface area contributed by atoms with Crippen molar-refractivity contribution in [2.24, 2.45) is 0 Å². The largest absolute Gasteiger partial charge is 0.465 e. The number of aryl methyl sites for hydroxylation is 1. The maximum absolute atomic E-state index is 12.3. The molecule has 0 saturated carbocycles. The molecule has 5 nitrogen and oxygen atoms in total. The van der Waals surface area contributed by atoms with Crippen LogP contribution in [0.3, 0.4) is 0 Å². The lowest BCUT2D eigenvalue weighted by molar-refractivity contribution is 0.0369. The third-order valence-corrected chi connectivity index (χ3v) is 4.44. The second-order valence-electron chi connectivity index (χ2n) is 5.94. The molecule has 1 atom stereocenters. The maximum Gasteiger partial charge on any atom is 0.337 e. The van der Waals surface area contributed by atoms with Gasteiger partial charge in [0.15, 0.2) is 0 Å². The minimum atomic E-state index is -1.03. The smallest absolute Gasteiger partial charge is 0.337 e. The minimum Gasteiger partial charge on any atom is -0.465 e. The van der Waals surface area contributed by atoms with Gasteiger partial charge in [-0.2, -0.15) is 0 Å². The standard InChI is InChI=1S/C19H19NO4/c1-24-18(22)15-8-6-14(7-9-15)17(21)20-12-19(23)11-10-13-4-2-3-5-16(13)19/h2-9,23H,10-12H2,1H3,(H,20,21)/t19-/m0/s1. The fourth-order valence-electron chi connectivity index (χ4n) is 3.06. The Morgan fingerprint density at radius 3 is 2.50 bits per heavy atom. The molecule has 0 bridgehead atoms. The zero-order valence-corrected chi connectivity index (χ0v) is 13.4. The summed E-state index contributed by atoms with van der Waals surface area (Å²) in [5, 5.41) is 13.6. The van der Waals surface area contributed by atoms with Crippen LogP contribution in [0.1, 0.15) is 38.3 Å². The SMILES string of the molecule is COC(=O)c1ccc(C(=O)NC[C@@]2(O)CCc3ccccc32)cc1. The van der Waals surface area contributed by atoms with Gasteiger partial charge in [0.25, 0.3) is 5.91 Å². The number of carbonyl (C=O) groups is 2. The highest BCUT2D eigenvalue weighted by molar-refractivity contribution is 5.96. The summed E-state index contributed by atoms with van der Waals surface area (Å²) in [6, 6.07) is 14.0. The fourth-order valence-corrected chi connectivity index (χ4v) is 3.06. The van der Waals surface area contributed by atoms with Gasteiger partial charge in [-0.25, -0.2) is 4.79 Å². The Hall–Kier alpha value is -2.66. The van der Waals surface area contributed by atoms with E-state index in [0.29, 0.717) is 17.5 Å². The zero-order valence-electron chi connectivity index (χ0n) is 13.4. The normalized spacial score (nSPS) is 18.8. The molecule has 124 valence electrons. The average Bonchev–Trinajstić information content (AvgIpc) is 2.97. The highest BCUT2D eigenvalue weighted by Gasteiger charge is 2.36. The fraction of sp³-hybridized carbons (Fsp3) is 0.263. The Labute approximate surface area is 140 Å².